The first kappa shape index (κ1) is 13.4. The number of hydrogen-bond acceptors (Lipinski definition) is 4. The Morgan fingerprint density at radius 3 is 2.79 bits per heavy atom. The average Bonchev–Trinajstić information content (AvgIpc) is 2.86. The third-order valence-electron chi connectivity index (χ3n) is 3.39. The smallest absolute Gasteiger partial charge is 0.310 e. The highest BCUT2D eigenvalue weighted by Crippen LogP contribution is 2.24. The summed E-state index contributed by atoms with van der Waals surface area (Å²) in [7, 11) is 1.35. The Bertz CT molecular complexity index is 512. The molecule has 1 saturated heterocycles. The van der Waals surface area contributed by atoms with Gasteiger partial charge in [0.05, 0.1) is 18.6 Å². The lowest BCUT2D eigenvalue weighted by Gasteiger charge is -2.17. The molecule has 0 bridgehead atoms. The number of phenols is 1. The Morgan fingerprint density at radius 1 is 1.42 bits per heavy atom. The zero-order chi connectivity index (χ0) is 14.0. The van der Waals surface area contributed by atoms with Crippen molar-refractivity contribution in [3.63, 3.8) is 0 Å². The van der Waals surface area contributed by atoms with Crippen molar-refractivity contribution in [1.82, 2.24) is 4.90 Å². The number of nitrogens with zero attached hydrogens (tertiary/aromatic N) is 1. The maximum atomic E-state index is 12.2. The zero-order valence-corrected chi connectivity index (χ0v) is 11.0. The number of aryl methyl sites for hydroxylation is 1. The predicted octanol–water partition coefficient (Wildman–Crippen LogP) is 1.34. The fourth-order valence-corrected chi connectivity index (χ4v) is 2.30. The number of esters is 1. The second-order valence-corrected chi connectivity index (χ2v) is 4.78. The monoisotopic (exact) mass is 263 g/mol. The Kier molecular flexibility index (Phi) is 3.74. The highest BCUT2D eigenvalue weighted by molar-refractivity contribution is 5.97. The molecule has 0 spiro atoms. The quantitative estimate of drug-likeness (QED) is 0.818. The van der Waals surface area contributed by atoms with E-state index in [-0.39, 0.29) is 29.1 Å². The Hall–Kier alpha value is -2.04. The van der Waals surface area contributed by atoms with Gasteiger partial charge in [0.2, 0.25) is 0 Å². The van der Waals surface area contributed by atoms with Crippen LogP contribution in [0, 0.1) is 12.8 Å². The molecule has 1 aromatic carbocycles. The topological polar surface area (TPSA) is 66.8 Å². The number of likely N-dealkylation sites (tertiary alicyclic amines) is 1. The molecule has 1 aromatic rings. The van der Waals surface area contributed by atoms with Crippen LogP contribution in [-0.2, 0) is 9.53 Å². The van der Waals surface area contributed by atoms with Gasteiger partial charge in [-0.25, -0.2) is 0 Å². The van der Waals surface area contributed by atoms with E-state index in [1.54, 1.807) is 23.1 Å². The average molecular weight is 263 g/mol. The Labute approximate surface area is 111 Å². The number of rotatable bonds is 2. The number of aromatic hydroxyl groups is 1. The van der Waals surface area contributed by atoms with Crippen LogP contribution in [-0.4, -0.2) is 42.1 Å². The lowest BCUT2D eigenvalue weighted by atomic mass is 10.1. The van der Waals surface area contributed by atoms with Gasteiger partial charge in [0, 0.05) is 13.1 Å². The summed E-state index contributed by atoms with van der Waals surface area (Å²) in [5.74, 6) is -0.819. The number of phenolic OH excluding ortho intramolecular Hbond substituents is 1. The summed E-state index contributed by atoms with van der Waals surface area (Å²) in [6.45, 7) is 2.70. The standard InChI is InChI=1S/C14H17NO4/c1-9-3-4-11(12(16)7-9)13(17)15-6-5-10(8-15)14(18)19-2/h3-4,7,10,16H,5-6,8H2,1-2H3. The number of carbonyl (C=O) groups excluding carboxylic acids is 2. The van der Waals surface area contributed by atoms with Crippen molar-refractivity contribution in [2.24, 2.45) is 5.92 Å². The minimum atomic E-state index is -0.288. The Balaban J connectivity index is 2.11. The van der Waals surface area contributed by atoms with Crippen LogP contribution in [0.15, 0.2) is 18.2 Å². The molecule has 1 atom stereocenters. The number of benzene rings is 1. The Morgan fingerprint density at radius 2 is 2.16 bits per heavy atom. The molecule has 19 heavy (non-hydrogen) atoms. The number of carbonyl (C=O) groups is 2. The van der Waals surface area contributed by atoms with Gasteiger partial charge in [-0.15, -0.1) is 0 Å². The first-order chi connectivity index (χ1) is 9.02. The molecule has 1 unspecified atom stereocenters. The van der Waals surface area contributed by atoms with Gasteiger partial charge in [-0.3, -0.25) is 9.59 Å². The van der Waals surface area contributed by atoms with Crippen molar-refractivity contribution in [2.45, 2.75) is 13.3 Å². The van der Waals surface area contributed by atoms with Gasteiger partial charge in [0.25, 0.3) is 5.91 Å². The van der Waals surface area contributed by atoms with Gasteiger partial charge in [0.1, 0.15) is 5.75 Å². The van der Waals surface area contributed by atoms with Crippen LogP contribution in [0.1, 0.15) is 22.3 Å². The van der Waals surface area contributed by atoms with E-state index < -0.39 is 0 Å². The molecular formula is C14H17NO4. The van der Waals surface area contributed by atoms with E-state index in [0.29, 0.717) is 19.5 Å². The molecule has 1 aliphatic rings. The van der Waals surface area contributed by atoms with Crippen molar-refractivity contribution < 1.29 is 19.4 Å². The van der Waals surface area contributed by atoms with Crippen LogP contribution < -0.4 is 0 Å². The second-order valence-electron chi connectivity index (χ2n) is 4.78. The largest absolute Gasteiger partial charge is 0.507 e. The first-order valence-corrected chi connectivity index (χ1v) is 6.19. The van der Waals surface area contributed by atoms with Gasteiger partial charge < -0.3 is 14.7 Å². The van der Waals surface area contributed by atoms with E-state index in [1.807, 2.05) is 6.92 Å². The molecule has 2 rings (SSSR count). The molecule has 1 fully saturated rings. The van der Waals surface area contributed by atoms with E-state index in [9.17, 15) is 14.7 Å². The lowest BCUT2D eigenvalue weighted by Crippen LogP contribution is -2.30. The number of methoxy groups -OCH3 is 1. The highest BCUT2D eigenvalue weighted by Gasteiger charge is 2.32. The summed E-state index contributed by atoms with van der Waals surface area (Å²) in [5.41, 5.74) is 1.17. The molecule has 5 nitrogen and oxygen atoms in total. The van der Waals surface area contributed by atoms with Gasteiger partial charge in [-0.2, -0.15) is 0 Å². The van der Waals surface area contributed by atoms with Crippen molar-refractivity contribution >= 4 is 11.9 Å². The summed E-state index contributed by atoms with van der Waals surface area (Å²) in [4.78, 5) is 25.2. The molecule has 0 aromatic heterocycles. The normalized spacial score (nSPS) is 18.4. The van der Waals surface area contributed by atoms with Crippen molar-refractivity contribution in [2.75, 3.05) is 20.2 Å². The van der Waals surface area contributed by atoms with E-state index in [1.165, 1.54) is 7.11 Å². The van der Waals surface area contributed by atoms with Crippen molar-refractivity contribution in [3.8, 4) is 5.75 Å². The fourth-order valence-electron chi connectivity index (χ4n) is 2.30. The summed E-state index contributed by atoms with van der Waals surface area (Å²) in [6, 6.07) is 4.94. The molecule has 1 N–H and O–H groups in total. The van der Waals surface area contributed by atoms with Crippen LogP contribution in [0.5, 0.6) is 5.75 Å². The third kappa shape index (κ3) is 2.70. The van der Waals surface area contributed by atoms with E-state index in [0.717, 1.165) is 5.56 Å². The zero-order valence-electron chi connectivity index (χ0n) is 11.0. The SMILES string of the molecule is COC(=O)C1CCN(C(=O)c2ccc(C)cc2O)C1. The molecule has 1 amide bonds. The fraction of sp³-hybridized carbons (Fsp3) is 0.429. The van der Waals surface area contributed by atoms with E-state index in [2.05, 4.69) is 4.74 Å². The minimum Gasteiger partial charge on any atom is -0.507 e. The van der Waals surface area contributed by atoms with E-state index in [4.69, 9.17) is 0 Å². The van der Waals surface area contributed by atoms with Crippen molar-refractivity contribution in [3.05, 3.63) is 29.3 Å². The maximum Gasteiger partial charge on any atom is 0.310 e. The van der Waals surface area contributed by atoms with Crippen molar-refractivity contribution in [1.29, 1.82) is 0 Å². The second kappa shape index (κ2) is 5.30. The van der Waals surface area contributed by atoms with Gasteiger partial charge in [-0.1, -0.05) is 6.07 Å². The summed E-state index contributed by atoms with van der Waals surface area (Å²) >= 11 is 0. The van der Waals surface area contributed by atoms with Crippen LogP contribution in [0.2, 0.25) is 0 Å². The summed E-state index contributed by atoms with van der Waals surface area (Å²) in [6.07, 6.45) is 0.602. The van der Waals surface area contributed by atoms with Crippen LogP contribution in [0.4, 0.5) is 0 Å². The van der Waals surface area contributed by atoms with Gasteiger partial charge in [-0.05, 0) is 31.0 Å². The molecule has 1 heterocycles. The number of ether oxygens (including phenoxy) is 1. The third-order valence-corrected chi connectivity index (χ3v) is 3.39. The molecule has 0 radical (unpaired) electrons. The van der Waals surface area contributed by atoms with Gasteiger partial charge in [0.15, 0.2) is 0 Å². The summed E-state index contributed by atoms with van der Waals surface area (Å²) in [5, 5.41) is 9.80. The molecular weight excluding hydrogens is 246 g/mol. The molecule has 0 aliphatic carbocycles. The van der Waals surface area contributed by atoms with E-state index >= 15 is 0 Å². The predicted molar refractivity (Wildman–Crippen MR) is 68.9 cm³/mol. The highest BCUT2D eigenvalue weighted by atomic mass is 16.5. The maximum absolute atomic E-state index is 12.2. The summed E-state index contributed by atoms with van der Waals surface area (Å²) < 4.78 is 4.68. The number of amides is 1. The minimum absolute atomic E-state index is 0.0217. The van der Waals surface area contributed by atoms with Crippen LogP contribution >= 0.6 is 0 Å². The molecule has 102 valence electrons. The lowest BCUT2D eigenvalue weighted by molar-refractivity contribution is -0.144. The number of hydrogen-bond donors (Lipinski definition) is 1. The van der Waals surface area contributed by atoms with Crippen LogP contribution in [0.25, 0.3) is 0 Å². The van der Waals surface area contributed by atoms with Crippen LogP contribution in [0.3, 0.4) is 0 Å². The molecule has 5 heteroatoms. The first-order valence-electron chi connectivity index (χ1n) is 6.19. The molecule has 0 saturated carbocycles. The molecule has 1 aliphatic heterocycles. The van der Waals surface area contributed by atoms with Gasteiger partial charge >= 0.3 is 5.97 Å².